The monoisotopic (exact) mass is 288 g/mol. The van der Waals surface area contributed by atoms with Gasteiger partial charge < -0.3 is 14.2 Å². The van der Waals surface area contributed by atoms with Crippen LogP contribution in [0.1, 0.15) is 47.0 Å². The average Bonchev–Trinajstić information content (AvgIpc) is 2.38. The van der Waals surface area contributed by atoms with Crippen molar-refractivity contribution in [1.82, 2.24) is 0 Å². The van der Waals surface area contributed by atoms with Crippen LogP contribution in [-0.4, -0.2) is 37.7 Å². The Morgan fingerprint density at radius 1 is 0.850 bits per heavy atom. The zero-order chi connectivity index (χ0) is 15.6. The Hall–Kier alpha value is -1.59. The van der Waals surface area contributed by atoms with Crippen LogP contribution >= 0.6 is 0 Å². The predicted molar refractivity (Wildman–Crippen MR) is 71.9 cm³/mol. The Bertz CT molecular complexity index is 319. The molecule has 0 aliphatic rings. The van der Waals surface area contributed by atoms with Gasteiger partial charge in [0.15, 0.2) is 0 Å². The van der Waals surface area contributed by atoms with E-state index in [1.807, 2.05) is 13.8 Å². The highest BCUT2D eigenvalue weighted by atomic mass is 16.6. The lowest BCUT2D eigenvalue weighted by molar-refractivity contribution is -0.160. The highest BCUT2D eigenvalue weighted by molar-refractivity contribution is 5.69. The molecule has 0 aromatic rings. The third-order valence-electron chi connectivity index (χ3n) is 2.91. The lowest BCUT2D eigenvalue weighted by Crippen LogP contribution is -2.38. The summed E-state index contributed by atoms with van der Waals surface area (Å²) >= 11 is 0. The summed E-state index contributed by atoms with van der Waals surface area (Å²) in [5, 5.41) is 0. The second-order valence-corrected chi connectivity index (χ2v) is 4.82. The number of ether oxygens (including phenoxy) is 3. The van der Waals surface area contributed by atoms with E-state index in [9.17, 15) is 14.4 Å². The molecule has 0 saturated carbocycles. The highest BCUT2D eigenvalue weighted by Gasteiger charge is 2.33. The van der Waals surface area contributed by atoms with Gasteiger partial charge in [-0.25, -0.2) is 0 Å². The van der Waals surface area contributed by atoms with Gasteiger partial charge in [-0.3, -0.25) is 14.4 Å². The Balaban J connectivity index is 4.66. The summed E-state index contributed by atoms with van der Waals surface area (Å²) in [5.41, 5.74) is -0.694. The van der Waals surface area contributed by atoms with Crippen LogP contribution in [0.5, 0.6) is 0 Å². The molecule has 20 heavy (non-hydrogen) atoms. The van der Waals surface area contributed by atoms with Gasteiger partial charge in [-0.2, -0.15) is 0 Å². The van der Waals surface area contributed by atoms with Gasteiger partial charge in [0, 0.05) is 20.3 Å². The predicted octanol–water partition coefficient (Wildman–Crippen LogP) is 1.85. The van der Waals surface area contributed by atoms with Crippen molar-refractivity contribution in [2.24, 2.45) is 5.41 Å². The minimum atomic E-state index is -0.694. The van der Waals surface area contributed by atoms with Crippen molar-refractivity contribution >= 4 is 17.9 Å². The summed E-state index contributed by atoms with van der Waals surface area (Å²) in [4.78, 5) is 33.3. The van der Waals surface area contributed by atoms with Gasteiger partial charge in [-0.15, -0.1) is 0 Å². The smallest absolute Gasteiger partial charge is 0.305 e. The molecule has 0 aromatic carbocycles. The van der Waals surface area contributed by atoms with Gasteiger partial charge in [0.25, 0.3) is 0 Å². The van der Waals surface area contributed by atoms with E-state index in [0.717, 1.165) is 0 Å². The first-order valence-corrected chi connectivity index (χ1v) is 6.77. The molecule has 116 valence electrons. The van der Waals surface area contributed by atoms with Crippen LogP contribution in [0.3, 0.4) is 0 Å². The summed E-state index contributed by atoms with van der Waals surface area (Å²) < 4.78 is 15.2. The van der Waals surface area contributed by atoms with Crippen LogP contribution in [-0.2, 0) is 28.6 Å². The molecule has 0 aliphatic heterocycles. The number of rotatable bonds is 9. The third kappa shape index (κ3) is 7.76. The van der Waals surface area contributed by atoms with E-state index in [1.54, 1.807) is 0 Å². The molecular formula is C14H24O6. The van der Waals surface area contributed by atoms with E-state index < -0.39 is 17.4 Å². The van der Waals surface area contributed by atoms with Crippen molar-refractivity contribution in [3.8, 4) is 0 Å². The fourth-order valence-electron chi connectivity index (χ4n) is 1.45. The Labute approximate surface area is 119 Å². The van der Waals surface area contributed by atoms with Crippen LogP contribution in [0.15, 0.2) is 0 Å². The summed E-state index contributed by atoms with van der Waals surface area (Å²) in [6.07, 6.45) is 1.58. The molecule has 0 N–H and O–H groups in total. The topological polar surface area (TPSA) is 78.9 Å². The summed E-state index contributed by atoms with van der Waals surface area (Å²) in [7, 11) is 0. The fraction of sp³-hybridized carbons (Fsp3) is 0.786. The molecule has 0 amide bonds. The maximum Gasteiger partial charge on any atom is 0.305 e. The lowest BCUT2D eigenvalue weighted by Gasteiger charge is -2.30. The van der Waals surface area contributed by atoms with E-state index >= 15 is 0 Å². The van der Waals surface area contributed by atoms with Crippen LogP contribution in [0.4, 0.5) is 0 Å². The number of hydrogen-bond donors (Lipinski definition) is 0. The number of carbonyl (C=O) groups excluding carboxylic acids is 3. The standard InChI is InChI=1S/C14H24O6/c1-5-7-13(17)20-10-14(6-2,8-18-11(3)15)9-19-12(4)16/h5-10H2,1-4H3. The van der Waals surface area contributed by atoms with Crippen molar-refractivity contribution < 1.29 is 28.6 Å². The van der Waals surface area contributed by atoms with Crippen LogP contribution < -0.4 is 0 Å². The molecule has 0 fully saturated rings. The van der Waals surface area contributed by atoms with E-state index in [1.165, 1.54) is 13.8 Å². The molecule has 0 aromatic heterocycles. The molecule has 0 bridgehead atoms. The molecule has 0 atom stereocenters. The van der Waals surface area contributed by atoms with Gasteiger partial charge >= 0.3 is 17.9 Å². The van der Waals surface area contributed by atoms with Gasteiger partial charge in [-0.1, -0.05) is 13.8 Å². The first kappa shape index (κ1) is 18.4. The molecule has 0 heterocycles. The third-order valence-corrected chi connectivity index (χ3v) is 2.91. The lowest BCUT2D eigenvalue weighted by atomic mass is 9.88. The van der Waals surface area contributed by atoms with E-state index in [0.29, 0.717) is 19.3 Å². The minimum absolute atomic E-state index is 0.0471. The highest BCUT2D eigenvalue weighted by Crippen LogP contribution is 2.24. The van der Waals surface area contributed by atoms with Crippen LogP contribution in [0.2, 0.25) is 0 Å². The SMILES string of the molecule is CCCC(=O)OCC(CC)(COC(C)=O)COC(C)=O. The molecular weight excluding hydrogens is 264 g/mol. The molecule has 6 heteroatoms. The van der Waals surface area contributed by atoms with Gasteiger partial charge in [-0.05, 0) is 12.8 Å². The molecule has 0 saturated heterocycles. The second kappa shape index (κ2) is 9.34. The Kier molecular flexibility index (Phi) is 8.59. The van der Waals surface area contributed by atoms with E-state index in [2.05, 4.69) is 0 Å². The van der Waals surface area contributed by atoms with E-state index in [-0.39, 0.29) is 25.8 Å². The van der Waals surface area contributed by atoms with E-state index in [4.69, 9.17) is 14.2 Å². The zero-order valence-electron chi connectivity index (χ0n) is 12.7. The summed E-state index contributed by atoms with van der Waals surface area (Å²) in [6, 6.07) is 0. The van der Waals surface area contributed by atoms with Gasteiger partial charge in [0.05, 0.1) is 5.41 Å². The van der Waals surface area contributed by atoms with Crippen molar-refractivity contribution in [2.75, 3.05) is 19.8 Å². The van der Waals surface area contributed by atoms with Crippen molar-refractivity contribution in [3.05, 3.63) is 0 Å². The van der Waals surface area contributed by atoms with Crippen molar-refractivity contribution in [2.45, 2.75) is 47.0 Å². The summed E-state index contributed by atoms with van der Waals surface area (Å²) in [6.45, 7) is 6.50. The van der Waals surface area contributed by atoms with Gasteiger partial charge in [0.2, 0.25) is 0 Å². The molecule has 0 rings (SSSR count). The van der Waals surface area contributed by atoms with Gasteiger partial charge in [0.1, 0.15) is 19.8 Å². The quantitative estimate of drug-likeness (QED) is 0.476. The minimum Gasteiger partial charge on any atom is -0.465 e. The van der Waals surface area contributed by atoms with Crippen LogP contribution in [0.25, 0.3) is 0 Å². The van der Waals surface area contributed by atoms with Crippen molar-refractivity contribution in [3.63, 3.8) is 0 Å². The molecule has 6 nitrogen and oxygen atoms in total. The summed E-state index contributed by atoms with van der Waals surface area (Å²) in [5.74, 6) is -1.16. The second-order valence-electron chi connectivity index (χ2n) is 4.82. The number of carbonyl (C=O) groups is 3. The molecule has 0 unspecified atom stereocenters. The largest absolute Gasteiger partial charge is 0.465 e. The maximum atomic E-state index is 11.4. The van der Waals surface area contributed by atoms with Crippen LogP contribution in [0, 0.1) is 5.41 Å². The van der Waals surface area contributed by atoms with Crippen molar-refractivity contribution in [1.29, 1.82) is 0 Å². The molecule has 0 aliphatic carbocycles. The first-order chi connectivity index (χ1) is 9.35. The number of hydrogen-bond acceptors (Lipinski definition) is 6. The molecule has 0 spiro atoms. The first-order valence-electron chi connectivity index (χ1n) is 6.77. The maximum absolute atomic E-state index is 11.4. The number of esters is 3. The Morgan fingerprint density at radius 3 is 1.65 bits per heavy atom. The normalized spacial score (nSPS) is 10.8. The fourth-order valence-corrected chi connectivity index (χ4v) is 1.45. The zero-order valence-corrected chi connectivity index (χ0v) is 12.7. The molecule has 0 radical (unpaired) electrons. The average molecular weight is 288 g/mol. The Morgan fingerprint density at radius 2 is 1.30 bits per heavy atom.